The van der Waals surface area contributed by atoms with E-state index in [1.807, 2.05) is 0 Å². The highest BCUT2D eigenvalue weighted by atomic mass is 16.4. The van der Waals surface area contributed by atoms with Crippen LogP contribution in [0.5, 0.6) is 0 Å². The number of rotatable bonds is 3. The first kappa shape index (κ1) is 8.80. The van der Waals surface area contributed by atoms with Crippen LogP contribution in [0.15, 0.2) is 18.3 Å². The zero-order chi connectivity index (χ0) is 9.19. The summed E-state index contributed by atoms with van der Waals surface area (Å²) < 4.78 is 0. The van der Waals surface area contributed by atoms with E-state index in [4.69, 9.17) is 10.2 Å². The van der Waals surface area contributed by atoms with Gasteiger partial charge in [-0.3, -0.25) is 4.79 Å². The van der Waals surface area contributed by atoms with Gasteiger partial charge in [-0.15, -0.1) is 0 Å². The van der Waals surface area contributed by atoms with Gasteiger partial charge in [0.05, 0.1) is 6.61 Å². The van der Waals surface area contributed by atoms with Crippen molar-refractivity contribution in [2.75, 3.05) is 6.61 Å². The van der Waals surface area contributed by atoms with Crippen molar-refractivity contribution in [1.82, 2.24) is 4.98 Å². The van der Waals surface area contributed by atoms with Gasteiger partial charge in [-0.2, -0.15) is 0 Å². The lowest BCUT2D eigenvalue weighted by Gasteiger charge is -2.20. The summed E-state index contributed by atoms with van der Waals surface area (Å²) in [5.74, 6) is -1.03. The molecule has 0 aliphatic carbocycles. The second kappa shape index (κ2) is 2.98. The van der Waals surface area contributed by atoms with Gasteiger partial charge in [0.2, 0.25) is 0 Å². The monoisotopic (exact) mass is 169 g/mol. The second-order valence-electron chi connectivity index (χ2n) is 2.88. The largest absolute Gasteiger partial charge is 0.480 e. The number of carbonyl (C=O) groups is 1. The number of hydrogen-bond acceptors (Lipinski definition) is 2. The standard InChI is InChI=1S/C8H11NO3/c1-8(5-10,7(11)12)6-3-2-4-9-6/h2-4,9-10H,5H2,1H3,(H,11,12). The van der Waals surface area contributed by atoms with Crippen LogP contribution in [0.3, 0.4) is 0 Å². The highest BCUT2D eigenvalue weighted by Gasteiger charge is 2.35. The van der Waals surface area contributed by atoms with Gasteiger partial charge in [-0.25, -0.2) is 0 Å². The zero-order valence-corrected chi connectivity index (χ0v) is 6.74. The second-order valence-corrected chi connectivity index (χ2v) is 2.88. The van der Waals surface area contributed by atoms with Gasteiger partial charge < -0.3 is 15.2 Å². The first-order chi connectivity index (χ1) is 5.61. The normalized spacial score (nSPS) is 15.5. The summed E-state index contributed by atoms with van der Waals surface area (Å²) in [6, 6.07) is 3.34. The number of aromatic amines is 1. The lowest BCUT2D eigenvalue weighted by Crippen LogP contribution is -2.36. The smallest absolute Gasteiger partial charge is 0.317 e. The molecular weight excluding hydrogens is 158 g/mol. The fourth-order valence-corrected chi connectivity index (χ4v) is 0.942. The summed E-state index contributed by atoms with van der Waals surface area (Å²) >= 11 is 0. The molecule has 1 aromatic heterocycles. The summed E-state index contributed by atoms with van der Waals surface area (Å²) in [7, 11) is 0. The molecule has 4 nitrogen and oxygen atoms in total. The minimum atomic E-state index is -1.22. The first-order valence-corrected chi connectivity index (χ1v) is 3.59. The minimum absolute atomic E-state index is 0.414. The van der Waals surface area contributed by atoms with Crippen LogP contribution in [0.2, 0.25) is 0 Å². The van der Waals surface area contributed by atoms with Gasteiger partial charge in [0, 0.05) is 11.9 Å². The fraction of sp³-hybridized carbons (Fsp3) is 0.375. The van der Waals surface area contributed by atoms with Crippen molar-refractivity contribution in [1.29, 1.82) is 0 Å². The highest BCUT2D eigenvalue weighted by molar-refractivity contribution is 5.80. The first-order valence-electron chi connectivity index (χ1n) is 3.59. The van der Waals surface area contributed by atoms with Gasteiger partial charge in [-0.1, -0.05) is 0 Å². The number of aromatic nitrogens is 1. The van der Waals surface area contributed by atoms with Crippen LogP contribution < -0.4 is 0 Å². The van der Waals surface area contributed by atoms with Gasteiger partial charge in [0.25, 0.3) is 0 Å². The quantitative estimate of drug-likeness (QED) is 0.611. The molecule has 0 aliphatic rings. The molecule has 1 heterocycles. The molecule has 1 rings (SSSR count). The van der Waals surface area contributed by atoms with Crippen molar-refractivity contribution >= 4 is 5.97 Å². The van der Waals surface area contributed by atoms with Crippen LogP contribution in [0.1, 0.15) is 12.6 Å². The molecule has 0 spiro atoms. The molecule has 0 aromatic carbocycles. The minimum Gasteiger partial charge on any atom is -0.480 e. The van der Waals surface area contributed by atoms with Gasteiger partial charge in [0.1, 0.15) is 5.41 Å². The van der Waals surface area contributed by atoms with Gasteiger partial charge >= 0.3 is 5.97 Å². The maximum Gasteiger partial charge on any atom is 0.317 e. The summed E-state index contributed by atoms with van der Waals surface area (Å²) in [5.41, 5.74) is -0.707. The van der Waals surface area contributed by atoms with E-state index in [0.717, 1.165) is 0 Å². The molecule has 66 valence electrons. The number of hydrogen-bond donors (Lipinski definition) is 3. The number of carboxylic acids is 1. The van der Waals surface area contributed by atoms with Crippen LogP contribution >= 0.6 is 0 Å². The Hall–Kier alpha value is -1.29. The van der Waals surface area contributed by atoms with Crippen molar-refractivity contribution in [2.45, 2.75) is 12.3 Å². The molecule has 1 aromatic rings. The third kappa shape index (κ3) is 1.21. The Morgan fingerprint density at radius 1 is 1.75 bits per heavy atom. The number of aliphatic hydroxyl groups is 1. The molecule has 0 radical (unpaired) electrons. The predicted octanol–water partition coefficient (Wildman–Crippen LogP) is 0.349. The Bertz CT molecular complexity index is 268. The molecular formula is C8H11NO3. The third-order valence-corrected chi connectivity index (χ3v) is 1.98. The van der Waals surface area contributed by atoms with Crippen molar-refractivity contribution < 1.29 is 15.0 Å². The third-order valence-electron chi connectivity index (χ3n) is 1.98. The number of aliphatic hydroxyl groups excluding tert-OH is 1. The van der Waals surface area contributed by atoms with Crippen LogP contribution in [-0.4, -0.2) is 27.8 Å². The molecule has 0 bridgehead atoms. The van der Waals surface area contributed by atoms with Crippen LogP contribution in [0, 0.1) is 0 Å². The molecule has 12 heavy (non-hydrogen) atoms. The molecule has 0 fully saturated rings. The van der Waals surface area contributed by atoms with E-state index in [-0.39, 0.29) is 0 Å². The van der Waals surface area contributed by atoms with E-state index in [0.29, 0.717) is 5.69 Å². The maximum atomic E-state index is 10.8. The van der Waals surface area contributed by atoms with Gasteiger partial charge in [0.15, 0.2) is 0 Å². The number of H-pyrrole nitrogens is 1. The van der Waals surface area contributed by atoms with Crippen LogP contribution in [-0.2, 0) is 10.2 Å². The van der Waals surface area contributed by atoms with E-state index in [1.54, 1.807) is 18.3 Å². The fourth-order valence-electron chi connectivity index (χ4n) is 0.942. The van der Waals surface area contributed by atoms with E-state index < -0.39 is 18.0 Å². The molecule has 0 amide bonds. The van der Waals surface area contributed by atoms with Crippen molar-refractivity contribution in [3.63, 3.8) is 0 Å². The Morgan fingerprint density at radius 2 is 2.42 bits per heavy atom. The number of aliphatic carboxylic acids is 1. The van der Waals surface area contributed by atoms with E-state index in [9.17, 15) is 4.79 Å². The predicted molar refractivity (Wildman–Crippen MR) is 42.9 cm³/mol. The van der Waals surface area contributed by atoms with Crippen LogP contribution in [0.25, 0.3) is 0 Å². The van der Waals surface area contributed by atoms with Gasteiger partial charge in [-0.05, 0) is 19.1 Å². The molecule has 1 atom stereocenters. The number of carboxylic acid groups (broad SMARTS) is 1. The molecule has 1 unspecified atom stereocenters. The van der Waals surface area contributed by atoms with Crippen LogP contribution in [0.4, 0.5) is 0 Å². The Morgan fingerprint density at radius 3 is 2.75 bits per heavy atom. The van der Waals surface area contributed by atoms with Crippen molar-refractivity contribution in [3.05, 3.63) is 24.0 Å². The van der Waals surface area contributed by atoms with E-state index in [2.05, 4.69) is 4.98 Å². The topological polar surface area (TPSA) is 73.3 Å². The lowest BCUT2D eigenvalue weighted by molar-refractivity contribution is -0.144. The van der Waals surface area contributed by atoms with E-state index in [1.165, 1.54) is 6.92 Å². The van der Waals surface area contributed by atoms with Crippen molar-refractivity contribution in [2.24, 2.45) is 0 Å². The molecule has 0 saturated carbocycles. The molecule has 3 N–H and O–H groups in total. The zero-order valence-electron chi connectivity index (χ0n) is 6.74. The summed E-state index contributed by atoms with van der Waals surface area (Å²) in [5, 5.41) is 17.8. The summed E-state index contributed by atoms with van der Waals surface area (Å²) in [6.07, 6.45) is 1.63. The lowest BCUT2D eigenvalue weighted by atomic mass is 9.88. The molecule has 0 aliphatic heterocycles. The highest BCUT2D eigenvalue weighted by Crippen LogP contribution is 2.21. The molecule has 4 heteroatoms. The Balaban J connectivity index is 3.04. The Labute approximate surface area is 69.9 Å². The average molecular weight is 169 g/mol. The maximum absolute atomic E-state index is 10.8. The van der Waals surface area contributed by atoms with Crippen molar-refractivity contribution in [3.8, 4) is 0 Å². The van der Waals surface area contributed by atoms with E-state index >= 15 is 0 Å². The number of nitrogens with one attached hydrogen (secondary N) is 1. The summed E-state index contributed by atoms with van der Waals surface area (Å²) in [4.78, 5) is 13.5. The SMILES string of the molecule is CC(CO)(C(=O)O)c1ccc[nH]1. The summed E-state index contributed by atoms with van der Waals surface area (Å²) in [6.45, 7) is 1.06. The Kier molecular flexibility index (Phi) is 2.19. The average Bonchev–Trinajstić information content (AvgIpc) is 2.54. The molecule has 0 saturated heterocycles.